The van der Waals surface area contributed by atoms with Crippen LogP contribution in [0.1, 0.15) is 36.6 Å². The van der Waals surface area contributed by atoms with E-state index in [2.05, 4.69) is 37.2 Å². The number of hydrogen-bond donors (Lipinski definition) is 2. The van der Waals surface area contributed by atoms with Crippen molar-refractivity contribution in [3.8, 4) is 11.5 Å². The molecule has 1 saturated carbocycles. The fourth-order valence-corrected chi connectivity index (χ4v) is 4.56. The Bertz CT molecular complexity index is 1610. The Kier molecular flexibility index (Phi) is 5.59. The number of aromatic nitrogens is 5. The fourth-order valence-electron chi connectivity index (χ4n) is 4.56. The Morgan fingerprint density at radius 3 is 2.82 bits per heavy atom. The first kappa shape index (κ1) is 23.6. The number of carbonyl (C=O) groups is 1. The number of rotatable bonds is 7. The number of fused-ring (bicyclic) bond motifs is 2. The molecule has 3 aromatic heterocycles. The number of anilines is 2. The van der Waals surface area contributed by atoms with Crippen LogP contribution in [0.3, 0.4) is 0 Å². The Morgan fingerprint density at radius 1 is 1.29 bits per heavy atom. The Labute approximate surface area is 216 Å². The number of carbonyl (C=O) groups excluding carboxylic acids is 1. The molecular weight excluding hydrogens is 489 g/mol. The molecule has 0 radical (unpaired) electrons. The highest BCUT2D eigenvalue weighted by atomic mass is 19.1. The van der Waals surface area contributed by atoms with Crippen molar-refractivity contribution in [1.29, 1.82) is 0 Å². The van der Waals surface area contributed by atoms with Crippen molar-refractivity contribution in [1.82, 2.24) is 24.3 Å². The monoisotopic (exact) mass is 513 g/mol. The van der Waals surface area contributed by atoms with Crippen LogP contribution in [0.5, 0.6) is 0 Å². The molecule has 38 heavy (non-hydrogen) atoms. The van der Waals surface area contributed by atoms with Crippen molar-refractivity contribution in [3.05, 3.63) is 65.5 Å². The van der Waals surface area contributed by atoms with Gasteiger partial charge < -0.3 is 20.2 Å². The van der Waals surface area contributed by atoms with Crippen LogP contribution in [0, 0.1) is 11.7 Å². The lowest BCUT2D eigenvalue weighted by molar-refractivity contribution is -0.118. The number of nitrogens with zero attached hydrogens (tertiary/aromatic N) is 7. The van der Waals surface area contributed by atoms with Crippen LogP contribution in [0.15, 0.2) is 53.1 Å². The molecule has 1 atom stereocenters. The molecule has 1 unspecified atom stereocenters. The number of halogens is 1. The normalized spacial score (nSPS) is 18.9. The minimum absolute atomic E-state index is 0.0882. The lowest BCUT2D eigenvalue weighted by atomic mass is 9.84. The van der Waals surface area contributed by atoms with E-state index in [0.717, 1.165) is 18.4 Å². The van der Waals surface area contributed by atoms with E-state index in [1.54, 1.807) is 37.6 Å². The van der Waals surface area contributed by atoms with Crippen molar-refractivity contribution in [2.75, 3.05) is 17.7 Å². The molecule has 3 N–H and O–H groups in total. The minimum atomic E-state index is -1.37. The predicted octanol–water partition coefficient (Wildman–Crippen LogP) is 3.15. The Morgan fingerprint density at radius 2 is 2.08 bits per heavy atom. The van der Waals surface area contributed by atoms with Gasteiger partial charge in [-0.2, -0.15) is 5.10 Å². The van der Waals surface area contributed by atoms with Gasteiger partial charge in [0, 0.05) is 31.7 Å². The summed E-state index contributed by atoms with van der Waals surface area (Å²) in [5, 5.41) is 10.4. The number of ether oxygens (including phenoxy) is 1. The molecule has 0 saturated heterocycles. The van der Waals surface area contributed by atoms with Crippen molar-refractivity contribution in [2.24, 2.45) is 16.1 Å². The highest BCUT2D eigenvalue weighted by Gasteiger charge is 2.52. The number of nitrogen functional groups attached to an aromatic ring is 1. The molecule has 0 bridgehead atoms. The number of nitrogens with two attached hydrogens (primary N) is 1. The molecule has 1 fully saturated rings. The van der Waals surface area contributed by atoms with Crippen LogP contribution in [0.2, 0.25) is 0 Å². The summed E-state index contributed by atoms with van der Waals surface area (Å²) < 4.78 is 21.1. The lowest BCUT2D eigenvalue weighted by Gasteiger charge is -2.24. The van der Waals surface area contributed by atoms with E-state index in [1.165, 1.54) is 12.1 Å². The molecule has 192 valence electrons. The molecule has 1 aromatic carbocycles. The summed E-state index contributed by atoms with van der Waals surface area (Å²) in [5.41, 5.74) is 8.02. The first-order chi connectivity index (χ1) is 18.4. The summed E-state index contributed by atoms with van der Waals surface area (Å²) in [7, 11) is 0. The van der Waals surface area contributed by atoms with Gasteiger partial charge in [-0.25, -0.2) is 24.3 Å². The van der Waals surface area contributed by atoms with E-state index >= 15 is 0 Å². The first-order valence-electron chi connectivity index (χ1n) is 12.1. The van der Waals surface area contributed by atoms with Crippen molar-refractivity contribution in [2.45, 2.75) is 31.6 Å². The van der Waals surface area contributed by atoms with E-state index in [9.17, 15) is 9.18 Å². The van der Waals surface area contributed by atoms with E-state index in [1.807, 2.05) is 4.40 Å². The van der Waals surface area contributed by atoms with Crippen LogP contribution < -0.4 is 11.1 Å². The second-order valence-electron chi connectivity index (χ2n) is 9.57. The van der Waals surface area contributed by atoms with Gasteiger partial charge in [-0.1, -0.05) is 12.1 Å². The average molecular weight is 514 g/mol. The lowest BCUT2D eigenvalue weighted by Crippen LogP contribution is -2.41. The van der Waals surface area contributed by atoms with E-state index < -0.39 is 11.3 Å². The van der Waals surface area contributed by atoms with Gasteiger partial charge >= 0.3 is 0 Å². The standard InChI is InChI=1S/C26H24FN9O2/c1-26(25(35-29-2)38-13-15-3-4-15)19-20(28)32-21(33-22(19)34-24(26)37)18-12-36-10-9-30-23(36)17(31-18)11-14-5-7-16(27)8-6-14/h5-10,12,15H,2-4,11,13H2,1H3,(H3,28,32,33,34,37)/b35-25-. The molecule has 1 amide bonds. The molecule has 4 heterocycles. The fraction of sp³-hybridized carbons (Fsp3) is 0.269. The molecule has 0 spiro atoms. The van der Waals surface area contributed by atoms with Gasteiger partial charge in [0.25, 0.3) is 0 Å². The third kappa shape index (κ3) is 4.03. The highest BCUT2D eigenvalue weighted by molar-refractivity contribution is 6.20. The zero-order chi connectivity index (χ0) is 26.4. The molecule has 2 aliphatic rings. The second-order valence-corrected chi connectivity index (χ2v) is 9.57. The molecule has 4 aromatic rings. The van der Waals surface area contributed by atoms with Gasteiger partial charge in [-0.05, 0) is 43.4 Å². The van der Waals surface area contributed by atoms with Crippen molar-refractivity contribution < 1.29 is 13.9 Å². The average Bonchev–Trinajstić information content (AvgIpc) is 3.53. The predicted molar refractivity (Wildman–Crippen MR) is 139 cm³/mol. The largest absolute Gasteiger partial charge is 0.478 e. The zero-order valence-corrected chi connectivity index (χ0v) is 20.6. The van der Waals surface area contributed by atoms with Crippen molar-refractivity contribution >= 4 is 35.8 Å². The van der Waals surface area contributed by atoms with E-state index in [-0.39, 0.29) is 29.2 Å². The SMILES string of the molecule is C=N/N=C(\OCC1CC1)C1(C)C(=O)Nc2nc(-c3cn4ccnc4c(Cc4ccc(F)cc4)n3)nc(N)c21. The van der Waals surface area contributed by atoms with Crippen LogP contribution in [-0.2, 0) is 21.4 Å². The molecule has 6 rings (SSSR count). The smallest absolute Gasteiger partial charge is 0.245 e. The summed E-state index contributed by atoms with van der Waals surface area (Å²) in [6.07, 6.45) is 7.74. The summed E-state index contributed by atoms with van der Waals surface area (Å²) >= 11 is 0. The van der Waals surface area contributed by atoms with Gasteiger partial charge in [-0.3, -0.25) is 4.79 Å². The molecular formula is C26H24FN9O2. The van der Waals surface area contributed by atoms with Gasteiger partial charge in [0.1, 0.15) is 23.1 Å². The maximum atomic E-state index is 13.4. The third-order valence-corrected chi connectivity index (χ3v) is 6.82. The van der Waals surface area contributed by atoms with E-state index in [0.29, 0.717) is 41.5 Å². The van der Waals surface area contributed by atoms with Crippen LogP contribution in [0.4, 0.5) is 16.0 Å². The van der Waals surface area contributed by atoms with E-state index in [4.69, 9.17) is 15.5 Å². The summed E-state index contributed by atoms with van der Waals surface area (Å²) in [6.45, 7) is 5.50. The molecule has 1 aliphatic heterocycles. The molecule has 1 aliphatic carbocycles. The van der Waals surface area contributed by atoms with Crippen LogP contribution in [-0.4, -0.2) is 49.5 Å². The maximum Gasteiger partial charge on any atom is 0.245 e. The third-order valence-electron chi connectivity index (χ3n) is 6.82. The number of imidazole rings is 1. The van der Waals surface area contributed by atoms with Crippen LogP contribution >= 0.6 is 0 Å². The number of hydrogen-bond acceptors (Lipinski definition) is 9. The number of amides is 1. The topological polar surface area (TPSA) is 145 Å². The molecule has 11 nitrogen and oxygen atoms in total. The number of nitrogens with one attached hydrogen (secondary N) is 1. The maximum absolute atomic E-state index is 13.4. The zero-order valence-electron chi connectivity index (χ0n) is 20.6. The second kappa shape index (κ2) is 8.98. The first-order valence-corrected chi connectivity index (χ1v) is 12.1. The van der Waals surface area contributed by atoms with Crippen LogP contribution in [0.25, 0.3) is 17.2 Å². The summed E-state index contributed by atoms with van der Waals surface area (Å²) in [6, 6.07) is 6.21. The summed E-state index contributed by atoms with van der Waals surface area (Å²) in [4.78, 5) is 31.5. The highest BCUT2D eigenvalue weighted by Crippen LogP contribution is 2.42. The number of benzene rings is 1. The van der Waals surface area contributed by atoms with Gasteiger partial charge in [0.2, 0.25) is 11.8 Å². The van der Waals surface area contributed by atoms with Gasteiger partial charge in [0.05, 0.1) is 17.9 Å². The Hall–Kier alpha value is -4.74. The summed E-state index contributed by atoms with van der Waals surface area (Å²) in [5.74, 6) is 0.372. The van der Waals surface area contributed by atoms with Gasteiger partial charge in [-0.15, -0.1) is 5.10 Å². The minimum Gasteiger partial charge on any atom is -0.478 e. The van der Waals surface area contributed by atoms with Crippen molar-refractivity contribution in [3.63, 3.8) is 0 Å². The molecule has 12 heteroatoms. The van der Waals surface area contributed by atoms with Gasteiger partial charge in [0.15, 0.2) is 16.9 Å². The quantitative estimate of drug-likeness (QED) is 0.219. The Balaban J connectivity index is 1.40.